The monoisotopic (exact) mass is 366 g/mol. The quantitative estimate of drug-likeness (QED) is 0.613. The predicted octanol–water partition coefficient (Wildman–Crippen LogP) is 2.89. The van der Waals surface area contributed by atoms with Crippen molar-refractivity contribution in [3.63, 3.8) is 0 Å². The van der Waals surface area contributed by atoms with Crippen LogP contribution in [0.25, 0.3) is 0 Å². The minimum Gasteiger partial charge on any atom is -0.426 e. The maximum absolute atomic E-state index is 12.6. The number of carbonyl (C=O) groups is 2. The van der Waals surface area contributed by atoms with Crippen molar-refractivity contribution in [2.75, 3.05) is 6.26 Å². The first kappa shape index (κ1) is 18.1. The van der Waals surface area contributed by atoms with Gasteiger partial charge in [0.1, 0.15) is 10.8 Å². The zero-order chi connectivity index (χ0) is 17.7. The van der Waals surface area contributed by atoms with E-state index in [4.69, 9.17) is 16.3 Å². The number of ether oxygens (including phenoxy) is 1. The number of hydrogen-bond acceptors (Lipinski definition) is 5. The van der Waals surface area contributed by atoms with E-state index in [1.54, 1.807) is 30.3 Å². The van der Waals surface area contributed by atoms with Crippen LogP contribution in [0.4, 0.5) is 0 Å². The molecule has 1 aromatic heterocycles. The molecule has 0 saturated heterocycles. The van der Waals surface area contributed by atoms with Crippen LogP contribution in [-0.2, 0) is 25.7 Å². The fourth-order valence-corrected chi connectivity index (χ4v) is 3.32. The lowest BCUT2D eigenvalue weighted by molar-refractivity contribution is -0.132. The lowest BCUT2D eigenvalue weighted by Crippen LogP contribution is -2.10. The van der Waals surface area contributed by atoms with Gasteiger partial charge in [0.2, 0.25) is 0 Å². The Labute approximate surface area is 145 Å². The number of carbonyl (C=O) groups excluding carboxylic acids is 2. The molecule has 0 aliphatic carbocycles. The summed E-state index contributed by atoms with van der Waals surface area (Å²) in [5, 5.41) is 0.482. The van der Waals surface area contributed by atoms with Gasteiger partial charge < -0.3 is 4.74 Å². The van der Waals surface area contributed by atoms with E-state index >= 15 is 0 Å². The number of aromatic nitrogens is 1. The summed E-state index contributed by atoms with van der Waals surface area (Å²) in [6.07, 6.45) is 2.58. The number of hydrogen-bond donors (Lipinski definition) is 0. The summed E-state index contributed by atoms with van der Waals surface area (Å²) in [4.78, 5) is 27.3. The van der Waals surface area contributed by atoms with Gasteiger partial charge >= 0.3 is 5.97 Å². The number of benzene rings is 1. The van der Waals surface area contributed by atoms with Gasteiger partial charge in [-0.2, -0.15) is 4.36 Å². The second kappa shape index (κ2) is 7.55. The molecule has 1 atom stereocenters. The smallest absolute Gasteiger partial charge is 0.308 e. The summed E-state index contributed by atoms with van der Waals surface area (Å²) in [7, 11) is -2.96. The van der Waals surface area contributed by atoms with Crippen LogP contribution in [0.2, 0.25) is 5.02 Å². The van der Waals surface area contributed by atoms with Gasteiger partial charge in [0, 0.05) is 30.0 Å². The van der Waals surface area contributed by atoms with Crippen molar-refractivity contribution in [1.29, 1.82) is 0 Å². The molecule has 126 valence electrons. The second-order valence-electron chi connectivity index (χ2n) is 4.94. The van der Waals surface area contributed by atoms with E-state index in [1.165, 1.54) is 25.4 Å². The molecule has 8 heteroatoms. The third-order valence-corrected chi connectivity index (χ3v) is 4.88. The van der Waals surface area contributed by atoms with Crippen molar-refractivity contribution in [3.05, 3.63) is 53.2 Å². The fourth-order valence-electron chi connectivity index (χ4n) is 1.96. The Kier molecular flexibility index (Phi) is 5.69. The highest BCUT2D eigenvalue weighted by atomic mass is 35.5. The maximum atomic E-state index is 12.6. The normalized spacial score (nSPS) is 13.0. The molecule has 0 aliphatic rings. The molecule has 0 radical (unpaired) electrons. The molecule has 0 bridgehead atoms. The van der Waals surface area contributed by atoms with Gasteiger partial charge in [-0.25, -0.2) is 9.19 Å². The Balaban J connectivity index is 2.32. The highest BCUT2D eigenvalue weighted by Crippen LogP contribution is 2.27. The van der Waals surface area contributed by atoms with Crippen molar-refractivity contribution in [2.24, 2.45) is 4.36 Å². The lowest BCUT2D eigenvalue weighted by atomic mass is 10.1. The molecule has 0 N–H and O–H groups in total. The third-order valence-electron chi connectivity index (χ3n) is 2.96. The van der Waals surface area contributed by atoms with Gasteiger partial charge in [0.05, 0.1) is 16.1 Å². The molecule has 24 heavy (non-hydrogen) atoms. The van der Waals surface area contributed by atoms with Gasteiger partial charge in [-0.1, -0.05) is 23.7 Å². The average molecular weight is 367 g/mol. The zero-order valence-corrected chi connectivity index (χ0v) is 14.6. The maximum Gasteiger partial charge on any atom is 0.308 e. The number of amides is 1. The minimum atomic E-state index is -2.96. The third kappa shape index (κ3) is 4.62. The first-order valence-corrected chi connectivity index (χ1v) is 9.21. The number of nitrogens with zero attached hydrogens (tertiary/aromatic N) is 2. The van der Waals surface area contributed by atoms with E-state index in [2.05, 4.69) is 9.35 Å². The molecule has 1 unspecified atom stereocenters. The highest BCUT2D eigenvalue weighted by Gasteiger charge is 2.16. The molecule has 2 rings (SSSR count). The van der Waals surface area contributed by atoms with E-state index in [0.717, 1.165) is 0 Å². The van der Waals surface area contributed by atoms with Crippen molar-refractivity contribution in [3.8, 4) is 5.75 Å². The number of rotatable bonds is 4. The Morgan fingerprint density at radius 3 is 2.62 bits per heavy atom. The largest absolute Gasteiger partial charge is 0.426 e. The van der Waals surface area contributed by atoms with E-state index in [0.29, 0.717) is 5.56 Å². The van der Waals surface area contributed by atoms with E-state index in [-0.39, 0.29) is 22.2 Å². The van der Waals surface area contributed by atoms with Crippen LogP contribution in [0, 0.1) is 0 Å². The van der Waals surface area contributed by atoms with Crippen molar-refractivity contribution < 1.29 is 18.5 Å². The summed E-state index contributed by atoms with van der Waals surface area (Å²) in [5.74, 6) is -0.996. The first-order chi connectivity index (χ1) is 11.3. The molecule has 6 nitrogen and oxygen atoms in total. The Morgan fingerprint density at radius 1 is 1.25 bits per heavy atom. The molecule has 0 spiro atoms. The Bertz CT molecular complexity index is 890. The van der Waals surface area contributed by atoms with Gasteiger partial charge in [0.25, 0.3) is 5.91 Å². The summed E-state index contributed by atoms with van der Waals surface area (Å²) >= 11 is 6.08. The number of halogens is 1. The summed E-state index contributed by atoms with van der Waals surface area (Å²) in [6.45, 7) is 1.25. The molecule has 2 aromatic rings. The van der Waals surface area contributed by atoms with E-state index in [1.807, 2.05) is 0 Å². The molecule has 1 heterocycles. The molecular weight excluding hydrogens is 352 g/mol. The van der Waals surface area contributed by atoms with E-state index in [9.17, 15) is 13.8 Å². The lowest BCUT2D eigenvalue weighted by Gasteiger charge is -2.09. The zero-order valence-electron chi connectivity index (χ0n) is 13.1. The second-order valence-corrected chi connectivity index (χ2v) is 7.56. The predicted molar refractivity (Wildman–Crippen MR) is 90.5 cm³/mol. The standard InChI is InChI=1S/C16H15ClN2O4S/c1-11(20)23-14-7-5-6-13(17)12(14)10-15(21)19-24(2,22)16-8-3-4-9-18-16/h3-9H,10H2,1-2H3. The molecule has 1 aromatic carbocycles. The van der Waals surface area contributed by atoms with Crippen LogP contribution in [0.15, 0.2) is 52.0 Å². The van der Waals surface area contributed by atoms with Crippen molar-refractivity contribution >= 4 is 33.2 Å². The van der Waals surface area contributed by atoms with Crippen LogP contribution < -0.4 is 4.74 Å². The molecule has 1 amide bonds. The van der Waals surface area contributed by atoms with Crippen LogP contribution >= 0.6 is 11.6 Å². The molecule has 0 aliphatic heterocycles. The Hall–Kier alpha value is -2.25. The fraction of sp³-hybridized carbons (Fsp3) is 0.188. The Morgan fingerprint density at radius 2 is 2.00 bits per heavy atom. The summed E-state index contributed by atoms with van der Waals surface area (Å²) in [5.41, 5.74) is 0.319. The van der Waals surface area contributed by atoms with Crippen LogP contribution in [0.1, 0.15) is 12.5 Å². The summed E-state index contributed by atoms with van der Waals surface area (Å²) in [6, 6.07) is 9.58. The summed E-state index contributed by atoms with van der Waals surface area (Å²) < 4.78 is 21.4. The highest BCUT2D eigenvalue weighted by molar-refractivity contribution is 7.93. The first-order valence-electron chi connectivity index (χ1n) is 6.91. The van der Waals surface area contributed by atoms with Gasteiger partial charge in [-0.05, 0) is 24.3 Å². The van der Waals surface area contributed by atoms with Crippen LogP contribution in [-0.4, -0.2) is 27.3 Å². The van der Waals surface area contributed by atoms with Crippen molar-refractivity contribution in [2.45, 2.75) is 18.4 Å². The van der Waals surface area contributed by atoms with Gasteiger partial charge in [-0.15, -0.1) is 0 Å². The van der Waals surface area contributed by atoms with E-state index < -0.39 is 21.6 Å². The molecule has 0 fully saturated rings. The topological polar surface area (TPSA) is 85.7 Å². The molecular formula is C16H15ClN2O4S. The average Bonchev–Trinajstić information content (AvgIpc) is 2.50. The molecule has 0 saturated carbocycles. The number of esters is 1. The number of pyridine rings is 1. The van der Waals surface area contributed by atoms with Gasteiger partial charge in [-0.3, -0.25) is 9.59 Å². The van der Waals surface area contributed by atoms with Crippen LogP contribution in [0.3, 0.4) is 0 Å². The van der Waals surface area contributed by atoms with Crippen LogP contribution in [0.5, 0.6) is 5.75 Å². The minimum absolute atomic E-state index is 0.180. The SMILES string of the molecule is CC(=O)Oc1cccc(Cl)c1CC(=O)N=S(C)(=O)c1ccccn1. The van der Waals surface area contributed by atoms with Crippen molar-refractivity contribution in [1.82, 2.24) is 4.98 Å². The van der Waals surface area contributed by atoms with Gasteiger partial charge in [0.15, 0.2) is 0 Å².